The number of nitro benzene ring substituents is 1. The molecule has 1 saturated heterocycles. The molecule has 3 rings (SSSR count). The van der Waals surface area contributed by atoms with Gasteiger partial charge in [0.25, 0.3) is 11.6 Å². The number of thioether (sulfide) groups is 1. The molecule has 7 nitrogen and oxygen atoms in total. The Kier molecular flexibility index (Phi) is 6.22. The van der Waals surface area contributed by atoms with E-state index in [0.29, 0.717) is 20.5 Å². The van der Waals surface area contributed by atoms with Gasteiger partial charge >= 0.3 is 0 Å². The van der Waals surface area contributed by atoms with Crippen LogP contribution in [0, 0.1) is 10.1 Å². The zero-order valence-corrected chi connectivity index (χ0v) is 17.6. The second kappa shape index (κ2) is 8.63. The monoisotopic (exact) mass is 477 g/mol. The van der Waals surface area contributed by atoms with E-state index in [1.807, 2.05) is 6.07 Å². The number of carbonyl (C=O) groups is 1. The number of nitrogens with zero attached hydrogens (tertiary/aromatic N) is 3. The smallest absolute Gasteiger partial charge is 0.286 e. The summed E-state index contributed by atoms with van der Waals surface area (Å²) in [4.78, 5) is 23.2. The number of amides is 1. The lowest BCUT2D eigenvalue weighted by atomic mass is 10.2. The van der Waals surface area contributed by atoms with Crippen LogP contribution in [0.25, 0.3) is 6.08 Å². The number of carbonyl (C=O) groups excluding carboxylic acids is 1. The molecule has 0 atom stereocenters. The molecule has 1 aliphatic heterocycles. The van der Waals surface area contributed by atoms with Crippen LogP contribution in [-0.2, 0) is 4.79 Å². The minimum Gasteiger partial charge on any atom is -0.496 e. The van der Waals surface area contributed by atoms with E-state index in [1.165, 1.54) is 18.3 Å². The van der Waals surface area contributed by atoms with Crippen molar-refractivity contribution in [2.75, 3.05) is 7.11 Å². The Morgan fingerprint density at radius 1 is 1.25 bits per heavy atom. The summed E-state index contributed by atoms with van der Waals surface area (Å²) < 4.78 is 6.25. The van der Waals surface area contributed by atoms with Crippen LogP contribution in [0.3, 0.4) is 0 Å². The molecular weight excluding hydrogens is 466 g/mol. The lowest BCUT2D eigenvalue weighted by Gasteiger charge is -2.07. The SMILES string of the molecule is COc1ccc(C=NN2C(=O)C(=Cc3ccc([N+](=O)[O-])cc3)SC2=S)cc1Br. The highest BCUT2D eigenvalue weighted by Gasteiger charge is 2.32. The van der Waals surface area contributed by atoms with Crippen molar-refractivity contribution in [2.45, 2.75) is 0 Å². The van der Waals surface area contributed by atoms with Crippen molar-refractivity contribution in [1.82, 2.24) is 5.01 Å². The zero-order valence-electron chi connectivity index (χ0n) is 14.4. The normalized spacial score (nSPS) is 15.6. The van der Waals surface area contributed by atoms with Crippen molar-refractivity contribution in [3.8, 4) is 5.75 Å². The largest absolute Gasteiger partial charge is 0.496 e. The first kappa shape index (κ1) is 20.2. The van der Waals surface area contributed by atoms with Gasteiger partial charge in [-0.05, 0) is 75.7 Å². The lowest BCUT2D eigenvalue weighted by molar-refractivity contribution is -0.384. The predicted octanol–water partition coefficient (Wildman–Crippen LogP) is 4.60. The second-order valence-electron chi connectivity index (χ2n) is 5.48. The van der Waals surface area contributed by atoms with Gasteiger partial charge < -0.3 is 4.74 Å². The Balaban J connectivity index is 1.77. The van der Waals surface area contributed by atoms with E-state index in [0.717, 1.165) is 26.8 Å². The van der Waals surface area contributed by atoms with Crippen LogP contribution in [0.4, 0.5) is 5.69 Å². The zero-order chi connectivity index (χ0) is 20.3. The molecule has 0 radical (unpaired) electrons. The molecular formula is C18H12BrN3O4S2. The minimum atomic E-state index is -0.477. The van der Waals surface area contributed by atoms with Gasteiger partial charge in [-0.1, -0.05) is 11.8 Å². The first-order chi connectivity index (χ1) is 13.4. The van der Waals surface area contributed by atoms with Gasteiger partial charge in [-0.3, -0.25) is 14.9 Å². The fourth-order valence-electron chi connectivity index (χ4n) is 2.29. The van der Waals surface area contributed by atoms with Gasteiger partial charge in [0.15, 0.2) is 4.32 Å². The number of ether oxygens (including phenoxy) is 1. The fraction of sp³-hybridized carbons (Fsp3) is 0.0556. The van der Waals surface area contributed by atoms with Gasteiger partial charge in [-0.25, -0.2) is 0 Å². The van der Waals surface area contributed by atoms with Crippen LogP contribution in [0.1, 0.15) is 11.1 Å². The molecule has 1 fully saturated rings. The van der Waals surface area contributed by atoms with E-state index in [9.17, 15) is 14.9 Å². The quantitative estimate of drug-likeness (QED) is 0.205. The van der Waals surface area contributed by atoms with Crippen LogP contribution in [0.5, 0.6) is 5.75 Å². The molecule has 0 N–H and O–H groups in total. The third kappa shape index (κ3) is 4.46. The molecule has 0 saturated carbocycles. The van der Waals surface area contributed by atoms with Gasteiger partial charge in [0.1, 0.15) is 5.75 Å². The Hall–Kier alpha value is -2.56. The second-order valence-corrected chi connectivity index (χ2v) is 8.01. The van der Waals surface area contributed by atoms with E-state index >= 15 is 0 Å². The number of methoxy groups -OCH3 is 1. The number of thiocarbonyl (C=S) groups is 1. The standard InChI is InChI=1S/C18H12BrN3O4S2/c1-26-15-7-4-12(8-14(15)19)10-20-21-17(23)16(28-18(21)27)9-11-2-5-13(6-3-11)22(24)25/h2-10H,1H3. The van der Waals surface area contributed by atoms with E-state index < -0.39 is 4.92 Å². The number of non-ortho nitro benzene ring substituents is 1. The van der Waals surface area contributed by atoms with Crippen LogP contribution in [0.2, 0.25) is 0 Å². The maximum atomic E-state index is 12.6. The summed E-state index contributed by atoms with van der Waals surface area (Å²) >= 11 is 9.76. The Bertz CT molecular complexity index is 1020. The molecule has 0 aliphatic carbocycles. The van der Waals surface area contributed by atoms with Crippen molar-refractivity contribution in [3.05, 3.63) is 73.1 Å². The van der Waals surface area contributed by atoms with Crippen LogP contribution in [-0.4, -0.2) is 33.5 Å². The molecule has 0 bridgehead atoms. The number of nitro groups is 1. The summed E-state index contributed by atoms with van der Waals surface area (Å²) in [5.41, 5.74) is 1.41. The number of hydrogen-bond acceptors (Lipinski definition) is 7. The molecule has 1 aliphatic rings. The summed E-state index contributed by atoms with van der Waals surface area (Å²) in [5, 5.41) is 16.1. The van der Waals surface area contributed by atoms with Crippen molar-refractivity contribution in [3.63, 3.8) is 0 Å². The highest BCUT2D eigenvalue weighted by atomic mass is 79.9. The maximum absolute atomic E-state index is 12.6. The Labute approximate surface area is 178 Å². The summed E-state index contributed by atoms with van der Waals surface area (Å²) in [5.74, 6) is 0.339. The van der Waals surface area contributed by atoms with Crippen molar-refractivity contribution < 1.29 is 14.5 Å². The lowest BCUT2D eigenvalue weighted by Crippen LogP contribution is -2.22. The number of rotatable bonds is 5. The Morgan fingerprint density at radius 3 is 2.54 bits per heavy atom. The molecule has 0 aromatic heterocycles. The molecule has 0 spiro atoms. The van der Waals surface area contributed by atoms with E-state index in [2.05, 4.69) is 21.0 Å². The molecule has 2 aromatic carbocycles. The average molecular weight is 478 g/mol. The third-order valence-electron chi connectivity index (χ3n) is 3.67. The van der Waals surface area contributed by atoms with Gasteiger partial charge in [-0.2, -0.15) is 10.1 Å². The van der Waals surface area contributed by atoms with Gasteiger partial charge in [0, 0.05) is 12.1 Å². The summed E-state index contributed by atoms with van der Waals surface area (Å²) in [7, 11) is 1.57. The van der Waals surface area contributed by atoms with E-state index in [1.54, 1.807) is 37.5 Å². The summed E-state index contributed by atoms with van der Waals surface area (Å²) in [6.45, 7) is 0. The minimum absolute atomic E-state index is 0.0139. The molecule has 142 valence electrons. The fourth-order valence-corrected chi connectivity index (χ4v) is 4.02. The first-order valence-corrected chi connectivity index (χ1v) is 9.81. The molecule has 2 aromatic rings. The maximum Gasteiger partial charge on any atom is 0.286 e. The van der Waals surface area contributed by atoms with Gasteiger partial charge in [-0.15, -0.1) is 0 Å². The molecule has 0 unspecified atom stereocenters. The van der Waals surface area contributed by atoms with Crippen molar-refractivity contribution in [2.24, 2.45) is 5.10 Å². The van der Waals surface area contributed by atoms with Crippen molar-refractivity contribution >= 4 is 68.1 Å². The highest BCUT2D eigenvalue weighted by Crippen LogP contribution is 2.33. The van der Waals surface area contributed by atoms with Crippen molar-refractivity contribution in [1.29, 1.82) is 0 Å². The molecule has 28 heavy (non-hydrogen) atoms. The number of benzene rings is 2. The molecule has 1 amide bonds. The Morgan fingerprint density at radius 2 is 1.93 bits per heavy atom. The van der Waals surface area contributed by atoms with Gasteiger partial charge in [0.05, 0.1) is 27.6 Å². The molecule has 1 heterocycles. The third-order valence-corrected chi connectivity index (χ3v) is 5.58. The number of hydrogen-bond donors (Lipinski definition) is 0. The van der Waals surface area contributed by atoms with E-state index in [-0.39, 0.29) is 11.6 Å². The topological polar surface area (TPSA) is 85.0 Å². The number of hydrazone groups is 1. The first-order valence-electron chi connectivity index (χ1n) is 7.79. The molecule has 10 heteroatoms. The van der Waals surface area contributed by atoms with Crippen LogP contribution < -0.4 is 4.74 Å². The summed E-state index contributed by atoms with van der Waals surface area (Å²) in [6.07, 6.45) is 3.16. The summed E-state index contributed by atoms with van der Waals surface area (Å²) in [6, 6.07) is 11.3. The van der Waals surface area contributed by atoms with Gasteiger partial charge in [0.2, 0.25) is 0 Å². The van der Waals surface area contributed by atoms with Crippen LogP contribution in [0.15, 0.2) is 56.9 Å². The van der Waals surface area contributed by atoms with Crippen LogP contribution >= 0.6 is 39.9 Å². The predicted molar refractivity (Wildman–Crippen MR) is 116 cm³/mol. The average Bonchev–Trinajstić information content (AvgIpc) is 2.93. The highest BCUT2D eigenvalue weighted by molar-refractivity contribution is 9.10. The van der Waals surface area contributed by atoms with E-state index in [4.69, 9.17) is 17.0 Å². The number of halogens is 1.